The summed E-state index contributed by atoms with van der Waals surface area (Å²) in [7, 11) is 0. The van der Waals surface area contributed by atoms with Crippen LogP contribution in [0.5, 0.6) is 0 Å². The van der Waals surface area contributed by atoms with Gasteiger partial charge in [0.15, 0.2) is 0 Å². The number of hydrogen-bond acceptors (Lipinski definition) is 3. The summed E-state index contributed by atoms with van der Waals surface area (Å²) in [5, 5.41) is 10.3. The molecule has 0 unspecified atom stereocenters. The van der Waals surface area contributed by atoms with Gasteiger partial charge in [0.1, 0.15) is 6.04 Å². The molecule has 0 bridgehead atoms. The molecule has 58 valence electrons. The number of carboxylic acids is 1. The van der Waals surface area contributed by atoms with Gasteiger partial charge in [0.25, 0.3) is 0 Å². The molecule has 0 fully saturated rings. The van der Waals surface area contributed by atoms with Crippen LogP contribution >= 0.6 is 12.6 Å². The van der Waals surface area contributed by atoms with Crippen LogP contribution in [0.25, 0.3) is 0 Å². The van der Waals surface area contributed by atoms with Crippen LogP contribution in [0.2, 0.25) is 0 Å². The molecule has 0 aromatic heterocycles. The number of primary amides is 1. The van der Waals surface area contributed by atoms with Gasteiger partial charge < -0.3 is 16.2 Å². The summed E-state index contributed by atoms with van der Waals surface area (Å²) in [4.78, 5) is 20.2. The predicted molar refractivity (Wildman–Crippen MR) is 38.0 cm³/mol. The van der Waals surface area contributed by atoms with Crippen molar-refractivity contribution < 1.29 is 14.7 Å². The molecule has 0 radical (unpaired) electrons. The average molecular weight is 164 g/mol. The van der Waals surface area contributed by atoms with Crippen LogP contribution in [0.4, 0.5) is 4.79 Å². The number of thiol groups is 1. The maximum atomic E-state index is 10.1. The normalized spacial score (nSPS) is 12.1. The molecule has 2 amide bonds. The second kappa shape index (κ2) is 3.99. The van der Waals surface area contributed by atoms with Gasteiger partial charge >= 0.3 is 12.0 Å². The maximum absolute atomic E-state index is 10.1. The van der Waals surface area contributed by atoms with Crippen molar-refractivity contribution in [3.63, 3.8) is 0 Å². The smallest absolute Gasteiger partial charge is 0.327 e. The third-order valence-electron chi connectivity index (χ3n) is 0.797. The van der Waals surface area contributed by atoms with E-state index < -0.39 is 18.0 Å². The number of carbonyl (C=O) groups excluding carboxylic acids is 1. The van der Waals surface area contributed by atoms with Crippen molar-refractivity contribution in [2.75, 3.05) is 5.75 Å². The highest BCUT2D eigenvalue weighted by Crippen LogP contribution is 1.86. The molecule has 1 atom stereocenters. The fourth-order valence-corrected chi connectivity index (χ4v) is 0.605. The minimum atomic E-state index is -1.14. The lowest BCUT2D eigenvalue weighted by molar-refractivity contribution is -0.138. The highest BCUT2D eigenvalue weighted by atomic mass is 32.1. The first kappa shape index (κ1) is 9.09. The van der Waals surface area contributed by atoms with Crippen molar-refractivity contribution in [3.05, 3.63) is 0 Å². The zero-order valence-corrected chi connectivity index (χ0v) is 5.97. The molecule has 5 nitrogen and oxygen atoms in total. The number of aliphatic carboxylic acids is 1. The number of carboxylic acid groups (broad SMARTS) is 1. The molecule has 0 aliphatic carbocycles. The van der Waals surface area contributed by atoms with E-state index in [0.717, 1.165) is 0 Å². The van der Waals surface area contributed by atoms with E-state index in [2.05, 4.69) is 18.4 Å². The first-order valence-corrected chi connectivity index (χ1v) is 3.10. The topological polar surface area (TPSA) is 92.4 Å². The molecule has 0 aliphatic heterocycles. The van der Waals surface area contributed by atoms with E-state index in [1.165, 1.54) is 0 Å². The minimum Gasteiger partial charge on any atom is -0.480 e. The zero-order valence-electron chi connectivity index (χ0n) is 5.07. The van der Waals surface area contributed by atoms with Gasteiger partial charge in [-0.05, 0) is 0 Å². The van der Waals surface area contributed by atoms with Crippen LogP contribution in [0.15, 0.2) is 0 Å². The van der Waals surface area contributed by atoms with Crippen molar-refractivity contribution in [3.8, 4) is 0 Å². The number of rotatable bonds is 3. The molecule has 6 heteroatoms. The number of hydrogen-bond donors (Lipinski definition) is 4. The van der Waals surface area contributed by atoms with Crippen LogP contribution in [0.1, 0.15) is 0 Å². The van der Waals surface area contributed by atoms with E-state index in [1.54, 1.807) is 0 Å². The van der Waals surface area contributed by atoms with Crippen LogP contribution in [-0.2, 0) is 4.79 Å². The van der Waals surface area contributed by atoms with Crippen molar-refractivity contribution in [2.24, 2.45) is 5.73 Å². The van der Waals surface area contributed by atoms with Gasteiger partial charge in [-0.15, -0.1) is 0 Å². The van der Waals surface area contributed by atoms with Gasteiger partial charge in [0.05, 0.1) is 0 Å². The summed E-state index contributed by atoms with van der Waals surface area (Å²) in [6.07, 6.45) is 0. The molecule has 0 saturated carbocycles. The highest BCUT2D eigenvalue weighted by Gasteiger charge is 2.15. The Kier molecular flexibility index (Phi) is 3.63. The molecule has 0 heterocycles. The van der Waals surface area contributed by atoms with Crippen molar-refractivity contribution >= 4 is 24.6 Å². The summed E-state index contributed by atoms with van der Waals surface area (Å²) in [6, 6.07) is -1.86. The molecule has 0 spiro atoms. The molecule has 10 heavy (non-hydrogen) atoms. The Hall–Kier alpha value is -0.910. The Labute approximate surface area is 63.0 Å². The second-order valence-corrected chi connectivity index (χ2v) is 1.95. The maximum Gasteiger partial charge on any atom is 0.327 e. The Morgan fingerprint density at radius 2 is 2.20 bits per heavy atom. The van der Waals surface area contributed by atoms with E-state index >= 15 is 0 Å². The van der Waals surface area contributed by atoms with Gasteiger partial charge in [-0.3, -0.25) is 0 Å². The Morgan fingerprint density at radius 3 is 2.30 bits per heavy atom. The minimum absolute atomic E-state index is 0.0261. The molecule has 4 N–H and O–H groups in total. The van der Waals surface area contributed by atoms with Crippen molar-refractivity contribution in [2.45, 2.75) is 6.04 Å². The van der Waals surface area contributed by atoms with Gasteiger partial charge in [-0.25, -0.2) is 9.59 Å². The fraction of sp³-hybridized carbons (Fsp3) is 0.500. The fourth-order valence-electron chi connectivity index (χ4n) is 0.357. The van der Waals surface area contributed by atoms with Crippen LogP contribution in [0.3, 0.4) is 0 Å². The first-order chi connectivity index (χ1) is 4.57. The van der Waals surface area contributed by atoms with Crippen LogP contribution in [-0.4, -0.2) is 28.9 Å². The quantitative estimate of drug-likeness (QED) is 0.405. The average Bonchev–Trinajstić information content (AvgIpc) is 1.81. The molecule has 0 aliphatic rings. The van der Waals surface area contributed by atoms with E-state index in [1.807, 2.05) is 5.32 Å². The van der Waals surface area contributed by atoms with Gasteiger partial charge in [-0.2, -0.15) is 12.6 Å². The largest absolute Gasteiger partial charge is 0.480 e. The lowest BCUT2D eigenvalue weighted by Crippen LogP contribution is -2.44. The molecule has 0 saturated heterocycles. The SMILES string of the molecule is NC(=O)N[C@H](CS)C(=O)O. The number of carbonyl (C=O) groups is 2. The Balaban J connectivity index is 3.83. The van der Waals surface area contributed by atoms with Crippen LogP contribution in [0, 0.1) is 0 Å². The number of amides is 2. The number of nitrogens with one attached hydrogen (secondary N) is 1. The van der Waals surface area contributed by atoms with E-state index in [9.17, 15) is 9.59 Å². The standard InChI is InChI=1S/C4H8N2O3S/c5-4(9)6-2(1-10)3(7)8/h2,10H,1H2,(H,7,8)(H3,5,6,9)/t2-/m1/s1. The molecule has 0 aromatic rings. The van der Waals surface area contributed by atoms with Gasteiger partial charge in [-0.1, -0.05) is 0 Å². The summed E-state index contributed by atoms with van der Waals surface area (Å²) in [6.45, 7) is 0. The lowest BCUT2D eigenvalue weighted by atomic mass is 10.3. The second-order valence-electron chi connectivity index (χ2n) is 1.58. The molecular formula is C4H8N2O3S. The number of urea groups is 1. The number of nitrogens with two attached hydrogens (primary N) is 1. The van der Waals surface area contributed by atoms with Gasteiger partial charge in [0.2, 0.25) is 0 Å². The summed E-state index contributed by atoms with van der Waals surface area (Å²) < 4.78 is 0. The summed E-state index contributed by atoms with van der Waals surface area (Å²) >= 11 is 3.68. The van der Waals surface area contributed by atoms with Crippen molar-refractivity contribution in [1.29, 1.82) is 0 Å². The third kappa shape index (κ3) is 3.18. The summed E-state index contributed by atoms with van der Waals surface area (Å²) in [5.74, 6) is -1.12. The molecule has 0 rings (SSSR count). The van der Waals surface area contributed by atoms with E-state index in [0.29, 0.717) is 0 Å². The zero-order chi connectivity index (χ0) is 8.15. The first-order valence-electron chi connectivity index (χ1n) is 2.47. The van der Waals surface area contributed by atoms with Crippen LogP contribution < -0.4 is 11.1 Å². The van der Waals surface area contributed by atoms with E-state index in [-0.39, 0.29) is 5.75 Å². The Bertz CT molecular complexity index is 149. The summed E-state index contributed by atoms with van der Waals surface area (Å²) in [5.41, 5.74) is 4.66. The van der Waals surface area contributed by atoms with Crippen molar-refractivity contribution in [1.82, 2.24) is 5.32 Å². The third-order valence-corrected chi connectivity index (χ3v) is 1.16. The lowest BCUT2D eigenvalue weighted by Gasteiger charge is -2.07. The molecule has 0 aromatic carbocycles. The Morgan fingerprint density at radius 1 is 1.70 bits per heavy atom. The van der Waals surface area contributed by atoms with Gasteiger partial charge in [0, 0.05) is 5.75 Å². The van der Waals surface area contributed by atoms with E-state index in [4.69, 9.17) is 5.11 Å². The predicted octanol–water partition coefficient (Wildman–Crippen LogP) is -0.962. The highest BCUT2D eigenvalue weighted by molar-refractivity contribution is 7.80. The monoisotopic (exact) mass is 164 g/mol. The molecular weight excluding hydrogens is 156 g/mol.